The Labute approximate surface area is 89.6 Å². The summed E-state index contributed by atoms with van der Waals surface area (Å²) in [4.78, 5) is 0. The molecule has 0 saturated heterocycles. The Morgan fingerprint density at radius 3 is 3.08 bits per heavy atom. The number of nitrogens with zero attached hydrogens (tertiary/aromatic N) is 2. The first-order valence-electron chi connectivity index (χ1n) is 3.98. The van der Waals surface area contributed by atoms with Crippen molar-refractivity contribution >= 4 is 38.4 Å². The summed E-state index contributed by atoms with van der Waals surface area (Å²) in [5.74, 6) is 0. The van der Waals surface area contributed by atoms with E-state index in [0.717, 1.165) is 27.8 Å². The van der Waals surface area contributed by atoms with Gasteiger partial charge < -0.3 is 0 Å². The molecule has 0 saturated carbocycles. The average molecular weight is 260 g/mol. The number of hydrogen-bond donors (Lipinski definition) is 0. The zero-order valence-corrected chi connectivity index (χ0v) is 9.22. The molecule has 2 aromatic rings. The van der Waals surface area contributed by atoms with Crippen LogP contribution in [0.1, 0.15) is 0 Å². The minimum absolute atomic E-state index is 0.755. The van der Waals surface area contributed by atoms with Gasteiger partial charge in [0, 0.05) is 15.7 Å². The van der Waals surface area contributed by atoms with E-state index in [1.54, 1.807) is 0 Å². The molecule has 0 aliphatic carbocycles. The molecule has 0 aliphatic heterocycles. The zero-order chi connectivity index (χ0) is 9.26. The highest BCUT2D eigenvalue weighted by Crippen LogP contribution is 2.18. The zero-order valence-electron chi connectivity index (χ0n) is 6.87. The molecule has 2 rings (SSSR count). The van der Waals surface area contributed by atoms with Gasteiger partial charge in [0.15, 0.2) is 0 Å². The number of halogens is 2. The molecule has 4 heteroatoms. The summed E-state index contributed by atoms with van der Waals surface area (Å²) in [6, 6.07) is 5.80. The molecule has 1 aromatic carbocycles. The monoisotopic (exact) mass is 258 g/mol. The van der Waals surface area contributed by atoms with Crippen LogP contribution in [0.5, 0.6) is 0 Å². The highest BCUT2D eigenvalue weighted by Gasteiger charge is 2.01. The van der Waals surface area contributed by atoms with E-state index in [0.29, 0.717) is 0 Å². The highest BCUT2D eigenvalue weighted by molar-refractivity contribution is 9.09. The molecule has 0 amide bonds. The molecule has 0 radical (unpaired) electrons. The number of alkyl halides is 1. The molecule has 0 bridgehead atoms. The number of rotatable bonds is 2. The number of benzene rings is 1. The van der Waals surface area contributed by atoms with E-state index in [4.69, 9.17) is 11.6 Å². The van der Waals surface area contributed by atoms with Crippen LogP contribution >= 0.6 is 27.5 Å². The van der Waals surface area contributed by atoms with Gasteiger partial charge >= 0.3 is 0 Å². The molecule has 0 aliphatic rings. The Morgan fingerprint density at radius 2 is 2.31 bits per heavy atom. The molecule has 1 aromatic heterocycles. The smallest absolute Gasteiger partial charge is 0.0683 e. The Morgan fingerprint density at radius 1 is 1.46 bits per heavy atom. The second kappa shape index (κ2) is 3.68. The van der Waals surface area contributed by atoms with Crippen molar-refractivity contribution in [2.45, 2.75) is 6.54 Å². The number of fused-ring (bicyclic) bond motifs is 1. The lowest BCUT2D eigenvalue weighted by molar-refractivity contribution is 0.694. The number of aromatic nitrogens is 2. The molecule has 2 nitrogen and oxygen atoms in total. The maximum atomic E-state index is 5.86. The van der Waals surface area contributed by atoms with Gasteiger partial charge in [-0.2, -0.15) is 5.10 Å². The van der Waals surface area contributed by atoms with Gasteiger partial charge in [0.05, 0.1) is 18.3 Å². The first-order valence-corrected chi connectivity index (χ1v) is 5.48. The van der Waals surface area contributed by atoms with Crippen LogP contribution in [0.15, 0.2) is 24.4 Å². The van der Waals surface area contributed by atoms with Crippen molar-refractivity contribution in [3.05, 3.63) is 29.4 Å². The largest absolute Gasteiger partial charge is 0.264 e. The first kappa shape index (κ1) is 9.03. The van der Waals surface area contributed by atoms with E-state index in [1.165, 1.54) is 0 Å². The lowest BCUT2D eigenvalue weighted by Crippen LogP contribution is -1.99. The molecule has 68 valence electrons. The maximum Gasteiger partial charge on any atom is 0.0683 e. The van der Waals surface area contributed by atoms with Crippen molar-refractivity contribution < 1.29 is 0 Å². The molecule has 0 fully saturated rings. The predicted octanol–water partition coefficient (Wildman–Crippen LogP) is 3.08. The Kier molecular flexibility index (Phi) is 2.56. The van der Waals surface area contributed by atoms with Gasteiger partial charge in [-0.05, 0) is 18.2 Å². The van der Waals surface area contributed by atoms with Gasteiger partial charge in [0.1, 0.15) is 0 Å². The lowest BCUT2D eigenvalue weighted by atomic mass is 10.2. The van der Waals surface area contributed by atoms with Crippen LogP contribution in [0, 0.1) is 0 Å². The maximum absolute atomic E-state index is 5.86. The summed E-state index contributed by atoms with van der Waals surface area (Å²) < 4.78 is 1.96. The third-order valence-electron chi connectivity index (χ3n) is 1.90. The summed E-state index contributed by atoms with van der Waals surface area (Å²) in [6.45, 7) is 0.880. The van der Waals surface area contributed by atoms with Crippen LogP contribution in [-0.2, 0) is 6.54 Å². The van der Waals surface area contributed by atoms with Crippen molar-refractivity contribution in [2.75, 3.05) is 5.33 Å². The quantitative estimate of drug-likeness (QED) is 0.758. The third kappa shape index (κ3) is 1.71. The lowest BCUT2D eigenvalue weighted by Gasteiger charge is -1.99. The SMILES string of the molecule is Clc1ccc2c(cnn2CCBr)c1. The van der Waals surface area contributed by atoms with E-state index in [-0.39, 0.29) is 0 Å². The normalized spacial score (nSPS) is 10.9. The topological polar surface area (TPSA) is 17.8 Å². The minimum atomic E-state index is 0.755. The molecule has 0 N–H and O–H groups in total. The first-order chi connectivity index (χ1) is 6.31. The molecule has 13 heavy (non-hydrogen) atoms. The van der Waals surface area contributed by atoms with Crippen LogP contribution in [0.3, 0.4) is 0 Å². The Bertz CT molecular complexity index is 424. The molecule has 0 atom stereocenters. The summed E-state index contributed by atoms with van der Waals surface area (Å²) in [6.07, 6.45) is 1.84. The molecular weight excluding hydrogens is 251 g/mol. The van der Waals surface area contributed by atoms with Crippen LogP contribution in [0.25, 0.3) is 10.9 Å². The third-order valence-corrected chi connectivity index (χ3v) is 2.49. The van der Waals surface area contributed by atoms with Crippen molar-refractivity contribution in [1.82, 2.24) is 9.78 Å². The van der Waals surface area contributed by atoms with E-state index >= 15 is 0 Å². The summed E-state index contributed by atoms with van der Waals surface area (Å²) in [7, 11) is 0. The van der Waals surface area contributed by atoms with Crippen molar-refractivity contribution in [2.24, 2.45) is 0 Å². The predicted molar refractivity (Wildman–Crippen MR) is 58.5 cm³/mol. The number of aryl methyl sites for hydroxylation is 1. The fourth-order valence-corrected chi connectivity index (χ4v) is 1.83. The van der Waals surface area contributed by atoms with Crippen LogP contribution < -0.4 is 0 Å². The fourth-order valence-electron chi connectivity index (χ4n) is 1.32. The van der Waals surface area contributed by atoms with Crippen molar-refractivity contribution in [3.63, 3.8) is 0 Å². The van der Waals surface area contributed by atoms with Crippen molar-refractivity contribution in [1.29, 1.82) is 0 Å². The van der Waals surface area contributed by atoms with E-state index < -0.39 is 0 Å². The minimum Gasteiger partial charge on any atom is -0.264 e. The second-order valence-corrected chi connectivity index (χ2v) is 3.99. The summed E-state index contributed by atoms with van der Waals surface area (Å²) >= 11 is 9.24. The van der Waals surface area contributed by atoms with E-state index in [9.17, 15) is 0 Å². The summed E-state index contributed by atoms with van der Waals surface area (Å²) in [5, 5.41) is 7.01. The average Bonchev–Trinajstić information content (AvgIpc) is 2.49. The van der Waals surface area contributed by atoms with E-state index in [1.807, 2.05) is 29.1 Å². The van der Waals surface area contributed by atoms with Crippen molar-refractivity contribution in [3.8, 4) is 0 Å². The van der Waals surface area contributed by atoms with Crippen LogP contribution in [0.4, 0.5) is 0 Å². The van der Waals surface area contributed by atoms with Crippen LogP contribution in [0.2, 0.25) is 5.02 Å². The van der Waals surface area contributed by atoms with Gasteiger partial charge in [-0.3, -0.25) is 4.68 Å². The van der Waals surface area contributed by atoms with Gasteiger partial charge in [-0.15, -0.1) is 0 Å². The standard InChI is InChI=1S/C9H8BrClN2/c10-3-4-13-9-2-1-8(11)5-7(9)6-12-13/h1-2,5-6H,3-4H2. The van der Waals surface area contributed by atoms with Crippen LogP contribution in [-0.4, -0.2) is 15.1 Å². The molecule has 0 spiro atoms. The second-order valence-electron chi connectivity index (χ2n) is 2.76. The fraction of sp³-hybridized carbons (Fsp3) is 0.222. The molecule has 0 unspecified atom stereocenters. The van der Waals surface area contributed by atoms with Gasteiger partial charge in [-0.25, -0.2) is 0 Å². The van der Waals surface area contributed by atoms with Gasteiger partial charge in [-0.1, -0.05) is 27.5 Å². The van der Waals surface area contributed by atoms with E-state index in [2.05, 4.69) is 21.0 Å². The molecular formula is C9H8BrClN2. The summed E-state index contributed by atoms with van der Waals surface area (Å²) in [5.41, 5.74) is 1.13. The Balaban J connectivity index is 2.55. The Hall–Kier alpha value is -0.540. The van der Waals surface area contributed by atoms with Gasteiger partial charge in [0.25, 0.3) is 0 Å². The van der Waals surface area contributed by atoms with Gasteiger partial charge in [0.2, 0.25) is 0 Å². The molecule has 1 heterocycles. The number of hydrogen-bond acceptors (Lipinski definition) is 1. The highest BCUT2D eigenvalue weighted by atomic mass is 79.9.